The van der Waals surface area contributed by atoms with Crippen LogP contribution < -0.4 is 5.32 Å². The highest BCUT2D eigenvalue weighted by molar-refractivity contribution is 4.94. The highest BCUT2D eigenvalue weighted by Crippen LogP contribution is 2.12. The predicted molar refractivity (Wildman–Crippen MR) is 100 cm³/mol. The van der Waals surface area contributed by atoms with Gasteiger partial charge < -0.3 is 15.3 Å². The maximum absolute atomic E-state index is 9.01. The summed E-state index contributed by atoms with van der Waals surface area (Å²) >= 11 is 0. The fourth-order valence-electron chi connectivity index (χ4n) is 3.11. The second kappa shape index (κ2) is 14.6. The van der Waals surface area contributed by atoms with Crippen LogP contribution in [0.15, 0.2) is 24.6 Å². The minimum atomic E-state index is 0.223. The monoisotopic (exact) mass is 322 g/mol. The van der Waals surface area contributed by atoms with Crippen molar-refractivity contribution in [3.63, 3.8) is 0 Å². The molecule has 1 atom stereocenters. The van der Waals surface area contributed by atoms with E-state index in [1.165, 1.54) is 70.6 Å². The van der Waals surface area contributed by atoms with E-state index in [1.54, 1.807) is 0 Å². The molecular weight excluding hydrogens is 284 g/mol. The fraction of sp³-hybridized carbons (Fsp3) is 0.800. The van der Waals surface area contributed by atoms with Crippen LogP contribution in [-0.2, 0) is 0 Å². The van der Waals surface area contributed by atoms with Crippen LogP contribution >= 0.6 is 0 Å². The largest absolute Gasteiger partial charge is 0.395 e. The summed E-state index contributed by atoms with van der Waals surface area (Å²) in [5.74, 6) is 0. The van der Waals surface area contributed by atoms with Crippen molar-refractivity contribution in [3.8, 4) is 0 Å². The van der Waals surface area contributed by atoms with Gasteiger partial charge in [-0.3, -0.25) is 0 Å². The van der Waals surface area contributed by atoms with Gasteiger partial charge in [0.2, 0.25) is 0 Å². The summed E-state index contributed by atoms with van der Waals surface area (Å²) in [6.07, 6.45) is 25.1. The van der Waals surface area contributed by atoms with E-state index in [2.05, 4.69) is 29.3 Å². The Morgan fingerprint density at radius 2 is 1.61 bits per heavy atom. The lowest BCUT2D eigenvalue weighted by atomic mass is 10.1. The number of nitrogens with one attached hydrogen (secondary N) is 1. The van der Waals surface area contributed by atoms with Gasteiger partial charge in [-0.05, 0) is 32.1 Å². The number of hydrogen-bond acceptors (Lipinski definition) is 3. The van der Waals surface area contributed by atoms with Crippen molar-refractivity contribution in [1.82, 2.24) is 10.2 Å². The predicted octanol–water partition coefficient (Wildman–Crippen LogP) is 4.94. The molecule has 1 heterocycles. The van der Waals surface area contributed by atoms with E-state index in [0.717, 1.165) is 13.0 Å². The van der Waals surface area contributed by atoms with Crippen LogP contribution in [0.25, 0.3) is 0 Å². The first kappa shape index (κ1) is 20.1. The Hall–Kier alpha value is -0.960. The van der Waals surface area contributed by atoms with Gasteiger partial charge in [0.1, 0.15) is 0 Å². The van der Waals surface area contributed by atoms with Gasteiger partial charge >= 0.3 is 0 Å². The van der Waals surface area contributed by atoms with Crippen LogP contribution in [0.5, 0.6) is 0 Å². The van der Waals surface area contributed by atoms with Crippen LogP contribution in [0, 0.1) is 0 Å². The molecule has 0 saturated carbocycles. The van der Waals surface area contributed by atoms with Crippen LogP contribution in [0.1, 0.15) is 84.0 Å². The molecule has 0 amide bonds. The van der Waals surface area contributed by atoms with Gasteiger partial charge in [0.15, 0.2) is 0 Å². The molecule has 1 aliphatic rings. The molecule has 1 rings (SSSR count). The van der Waals surface area contributed by atoms with E-state index in [-0.39, 0.29) is 6.61 Å². The number of nitrogens with zero attached hydrogens (tertiary/aromatic N) is 1. The highest BCUT2D eigenvalue weighted by atomic mass is 16.3. The number of unbranched alkanes of at least 4 members (excludes halogenated alkanes) is 9. The van der Waals surface area contributed by atoms with Gasteiger partial charge in [-0.15, -0.1) is 0 Å². The quantitative estimate of drug-likeness (QED) is 0.331. The lowest BCUT2D eigenvalue weighted by Gasteiger charge is -2.24. The average Bonchev–Trinajstić information content (AvgIpc) is 2.99. The normalized spacial score (nSPS) is 17.3. The molecule has 0 fully saturated rings. The Balaban J connectivity index is 1.85. The van der Waals surface area contributed by atoms with Gasteiger partial charge in [0.25, 0.3) is 0 Å². The lowest BCUT2D eigenvalue weighted by molar-refractivity contribution is 0.194. The summed E-state index contributed by atoms with van der Waals surface area (Å²) in [5, 5.41) is 12.4. The SMILES string of the molecule is CCCCCCCCCC/C=C/CCCC1NC=CN1CCO. The van der Waals surface area contributed by atoms with E-state index >= 15 is 0 Å². The summed E-state index contributed by atoms with van der Waals surface area (Å²) in [4.78, 5) is 2.18. The molecule has 3 heteroatoms. The van der Waals surface area contributed by atoms with E-state index in [9.17, 15) is 0 Å². The Labute approximate surface area is 143 Å². The van der Waals surface area contributed by atoms with E-state index in [0.29, 0.717) is 6.17 Å². The van der Waals surface area contributed by atoms with E-state index < -0.39 is 0 Å². The van der Waals surface area contributed by atoms with Crippen LogP contribution in [0.3, 0.4) is 0 Å². The molecule has 0 aromatic rings. The number of β-amino-alcohol motifs (C(OH)–C–C–N with tert-alkyl or cyclic N) is 1. The van der Waals surface area contributed by atoms with E-state index in [1.807, 2.05) is 12.4 Å². The molecule has 0 radical (unpaired) electrons. The summed E-state index contributed by atoms with van der Waals surface area (Å²) in [5.41, 5.74) is 0. The number of allylic oxidation sites excluding steroid dienone is 2. The minimum Gasteiger partial charge on any atom is -0.395 e. The van der Waals surface area contributed by atoms with Gasteiger partial charge in [-0.1, -0.05) is 64.0 Å². The van der Waals surface area contributed by atoms with Crippen molar-refractivity contribution in [2.24, 2.45) is 0 Å². The molecule has 1 unspecified atom stereocenters. The molecule has 23 heavy (non-hydrogen) atoms. The van der Waals surface area contributed by atoms with Crippen molar-refractivity contribution in [2.75, 3.05) is 13.2 Å². The fourth-order valence-corrected chi connectivity index (χ4v) is 3.11. The third-order valence-electron chi connectivity index (χ3n) is 4.55. The summed E-state index contributed by atoms with van der Waals surface area (Å²) < 4.78 is 0. The molecule has 1 aliphatic heterocycles. The van der Waals surface area contributed by atoms with Crippen LogP contribution in [-0.4, -0.2) is 29.3 Å². The van der Waals surface area contributed by atoms with E-state index in [4.69, 9.17) is 5.11 Å². The molecule has 0 saturated heterocycles. The van der Waals surface area contributed by atoms with Crippen LogP contribution in [0.4, 0.5) is 0 Å². The first-order chi connectivity index (χ1) is 11.4. The Morgan fingerprint density at radius 3 is 2.30 bits per heavy atom. The zero-order chi connectivity index (χ0) is 16.6. The second-order valence-electron chi connectivity index (χ2n) is 6.63. The summed E-state index contributed by atoms with van der Waals surface area (Å²) in [7, 11) is 0. The van der Waals surface area contributed by atoms with Crippen molar-refractivity contribution in [3.05, 3.63) is 24.6 Å². The molecular formula is C20H38N2O. The van der Waals surface area contributed by atoms with Gasteiger partial charge in [-0.2, -0.15) is 0 Å². The number of hydrogen-bond donors (Lipinski definition) is 2. The smallest absolute Gasteiger partial charge is 0.0982 e. The highest BCUT2D eigenvalue weighted by Gasteiger charge is 2.16. The maximum atomic E-state index is 9.01. The molecule has 3 nitrogen and oxygen atoms in total. The third-order valence-corrected chi connectivity index (χ3v) is 4.55. The van der Waals surface area contributed by atoms with Crippen LogP contribution in [0.2, 0.25) is 0 Å². The van der Waals surface area contributed by atoms with Gasteiger partial charge in [0, 0.05) is 18.9 Å². The molecule has 134 valence electrons. The lowest BCUT2D eigenvalue weighted by Crippen LogP contribution is -2.36. The second-order valence-corrected chi connectivity index (χ2v) is 6.63. The Kier molecular flexibility index (Phi) is 12.8. The molecule has 0 aromatic heterocycles. The molecule has 2 N–H and O–H groups in total. The molecule has 0 bridgehead atoms. The zero-order valence-electron chi connectivity index (χ0n) is 15.2. The number of aliphatic hydroxyl groups is 1. The van der Waals surface area contributed by atoms with Crippen molar-refractivity contribution in [1.29, 1.82) is 0 Å². The molecule has 0 spiro atoms. The number of aliphatic hydroxyl groups excluding tert-OH is 1. The number of rotatable bonds is 15. The zero-order valence-corrected chi connectivity index (χ0v) is 15.2. The molecule has 0 aliphatic carbocycles. The van der Waals surface area contributed by atoms with Crippen molar-refractivity contribution >= 4 is 0 Å². The van der Waals surface area contributed by atoms with Crippen molar-refractivity contribution < 1.29 is 5.11 Å². The summed E-state index contributed by atoms with van der Waals surface area (Å²) in [6, 6.07) is 0. The third kappa shape index (κ3) is 10.4. The minimum absolute atomic E-state index is 0.223. The van der Waals surface area contributed by atoms with Crippen molar-refractivity contribution in [2.45, 2.75) is 90.1 Å². The first-order valence-corrected chi connectivity index (χ1v) is 9.82. The maximum Gasteiger partial charge on any atom is 0.0982 e. The Bertz CT molecular complexity index is 315. The standard InChI is InChI=1S/C20H38N2O/c1-2-3-4-5-6-7-8-9-10-11-12-13-14-15-20-21-16-17-22(20)18-19-23/h11-12,16-17,20-21,23H,2-10,13-15,18-19H2,1H3/b12-11+. The average molecular weight is 323 g/mol. The Morgan fingerprint density at radius 1 is 0.957 bits per heavy atom. The van der Waals surface area contributed by atoms with Gasteiger partial charge in [-0.25, -0.2) is 0 Å². The first-order valence-electron chi connectivity index (χ1n) is 9.82. The van der Waals surface area contributed by atoms with Gasteiger partial charge in [0.05, 0.1) is 12.8 Å². The molecule has 0 aromatic carbocycles. The topological polar surface area (TPSA) is 35.5 Å². The summed E-state index contributed by atoms with van der Waals surface area (Å²) in [6.45, 7) is 3.22.